The largest absolute Gasteiger partial charge is 0.497 e. The number of carbonyl (C=O) groups excluding carboxylic acids is 3. The molecule has 0 unspecified atom stereocenters. The Morgan fingerprint density at radius 3 is 2.88 bits per heavy atom. The highest BCUT2D eigenvalue weighted by molar-refractivity contribution is 5.98. The molecule has 33 heavy (non-hydrogen) atoms. The first-order valence-electron chi connectivity index (χ1n) is 10.5. The molecule has 11 nitrogen and oxygen atoms in total. The normalized spacial score (nSPS) is 15.6. The maximum absolute atomic E-state index is 13.1. The van der Waals surface area contributed by atoms with E-state index in [0.29, 0.717) is 41.2 Å². The number of methoxy groups -OCH3 is 1. The average molecular weight is 452 g/mol. The molecule has 3 heterocycles. The molecule has 3 aromatic rings. The van der Waals surface area contributed by atoms with E-state index in [1.165, 1.54) is 18.3 Å². The van der Waals surface area contributed by atoms with Crippen molar-refractivity contribution >= 4 is 23.4 Å². The lowest BCUT2D eigenvalue weighted by atomic mass is 10.1. The third-order valence-corrected chi connectivity index (χ3v) is 5.15. The Morgan fingerprint density at radius 2 is 2.03 bits per heavy atom. The van der Waals surface area contributed by atoms with Crippen molar-refractivity contribution in [3.05, 3.63) is 54.0 Å². The first kappa shape index (κ1) is 22.1. The molecule has 0 aliphatic carbocycles. The van der Waals surface area contributed by atoms with E-state index in [1.54, 1.807) is 41.0 Å². The van der Waals surface area contributed by atoms with E-state index in [9.17, 15) is 14.4 Å². The number of pyridine rings is 1. The molecule has 0 fully saturated rings. The molecule has 0 saturated heterocycles. The van der Waals surface area contributed by atoms with Crippen LogP contribution in [0.4, 0.5) is 0 Å². The summed E-state index contributed by atoms with van der Waals surface area (Å²) in [6, 6.07) is 8.20. The summed E-state index contributed by atoms with van der Waals surface area (Å²) in [4.78, 5) is 43.8. The lowest BCUT2D eigenvalue weighted by Crippen LogP contribution is -2.43. The van der Waals surface area contributed by atoms with E-state index in [2.05, 4.69) is 20.7 Å². The number of rotatable bonds is 2. The summed E-state index contributed by atoms with van der Waals surface area (Å²) in [5.41, 5.74) is 1.31. The Morgan fingerprint density at radius 1 is 1.15 bits per heavy atom. The number of benzene rings is 1. The number of aromatic nitrogens is 3. The van der Waals surface area contributed by atoms with Crippen LogP contribution in [0.3, 0.4) is 0 Å². The molecule has 0 bridgehead atoms. The van der Waals surface area contributed by atoms with Crippen LogP contribution in [0.15, 0.2) is 42.9 Å². The van der Waals surface area contributed by atoms with Gasteiger partial charge in [0.25, 0.3) is 11.8 Å². The Labute approximate surface area is 189 Å². The van der Waals surface area contributed by atoms with Gasteiger partial charge in [-0.1, -0.05) is 0 Å². The van der Waals surface area contributed by atoms with Gasteiger partial charge in [0.2, 0.25) is 5.91 Å². The first-order valence-corrected chi connectivity index (χ1v) is 10.5. The second-order valence-corrected chi connectivity index (χ2v) is 7.37. The fourth-order valence-corrected chi connectivity index (χ4v) is 3.47. The van der Waals surface area contributed by atoms with Crippen LogP contribution in [-0.2, 0) is 4.79 Å². The zero-order valence-corrected chi connectivity index (χ0v) is 18.1. The van der Waals surface area contributed by atoms with Crippen molar-refractivity contribution < 1.29 is 23.9 Å². The topological polar surface area (TPSA) is 127 Å². The summed E-state index contributed by atoms with van der Waals surface area (Å²) in [7, 11) is 1.53. The number of hydrogen-bond donors (Lipinski definition) is 2. The molecule has 172 valence electrons. The highest BCUT2D eigenvalue weighted by Crippen LogP contribution is 2.25. The molecular formula is C22H24N6O5. The number of nitrogens with one attached hydrogen (secondary N) is 2. The highest BCUT2D eigenvalue weighted by Gasteiger charge is 2.21. The summed E-state index contributed by atoms with van der Waals surface area (Å²) < 4.78 is 12.5. The Kier molecular flexibility index (Phi) is 6.67. The minimum absolute atomic E-state index is 0.116. The molecule has 0 saturated carbocycles. The van der Waals surface area contributed by atoms with Gasteiger partial charge in [0.05, 0.1) is 25.8 Å². The van der Waals surface area contributed by atoms with Gasteiger partial charge in [-0.15, -0.1) is 0 Å². The molecule has 11 heteroatoms. The second kappa shape index (κ2) is 9.98. The van der Waals surface area contributed by atoms with Crippen molar-refractivity contribution in [3.8, 4) is 11.5 Å². The van der Waals surface area contributed by atoms with Gasteiger partial charge in [-0.05, 0) is 30.7 Å². The summed E-state index contributed by atoms with van der Waals surface area (Å²) in [6.45, 7) is 0.853. The fourth-order valence-electron chi connectivity index (χ4n) is 3.47. The fraction of sp³-hybridized carbons (Fsp3) is 0.318. The number of nitrogens with zero attached hydrogens (tertiary/aromatic N) is 4. The molecule has 2 N–H and O–H groups in total. The maximum atomic E-state index is 13.1. The predicted octanol–water partition coefficient (Wildman–Crippen LogP) is 0.509. The number of carbonyl (C=O) groups is 3. The van der Waals surface area contributed by atoms with Gasteiger partial charge < -0.3 is 25.0 Å². The van der Waals surface area contributed by atoms with Crippen molar-refractivity contribution in [1.29, 1.82) is 0 Å². The van der Waals surface area contributed by atoms with E-state index in [1.807, 2.05) is 0 Å². The molecule has 0 spiro atoms. The Hall–Kier alpha value is -4.15. The minimum Gasteiger partial charge on any atom is -0.497 e. The summed E-state index contributed by atoms with van der Waals surface area (Å²) in [5.74, 6) is 0.0399. The van der Waals surface area contributed by atoms with Gasteiger partial charge in [0, 0.05) is 30.9 Å². The third-order valence-electron chi connectivity index (χ3n) is 5.15. The van der Waals surface area contributed by atoms with Crippen molar-refractivity contribution in [2.45, 2.75) is 6.42 Å². The zero-order valence-electron chi connectivity index (χ0n) is 18.1. The second-order valence-electron chi connectivity index (χ2n) is 7.37. The smallest absolute Gasteiger partial charge is 0.255 e. The molecule has 2 aromatic heterocycles. The maximum Gasteiger partial charge on any atom is 0.255 e. The minimum atomic E-state index is -0.303. The van der Waals surface area contributed by atoms with E-state index in [4.69, 9.17) is 9.47 Å². The molecular weight excluding hydrogens is 428 g/mol. The van der Waals surface area contributed by atoms with Crippen molar-refractivity contribution in [2.75, 3.05) is 39.9 Å². The van der Waals surface area contributed by atoms with Crippen LogP contribution in [0.1, 0.15) is 27.1 Å². The highest BCUT2D eigenvalue weighted by atomic mass is 16.5. The van der Waals surface area contributed by atoms with Gasteiger partial charge >= 0.3 is 0 Å². The Bertz CT molecular complexity index is 1180. The Balaban J connectivity index is 1.49. The quantitative estimate of drug-likeness (QED) is 0.580. The van der Waals surface area contributed by atoms with Crippen LogP contribution in [0.5, 0.6) is 11.5 Å². The van der Waals surface area contributed by atoms with E-state index in [-0.39, 0.29) is 44.0 Å². The third kappa shape index (κ3) is 5.20. The van der Waals surface area contributed by atoms with Gasteiger partial charge in [-0.2, -0.15) is 5.10 Å². The van der Waals surface area contributed by atoms with Crippen LogP contribution < -0.4 is 20.1 Å². The van der Waals surface area contributed by atoms with E-state index < -0.39 is 0 Å². The molecule has 1 aromatic carbocycles. The van der Waals surface area contributed by atoms with E-state index in [0.717, 1.165) is 0 Å². The van der Waals surface area contributed by atoms with Crippen LogP contribution in [-0.4, -0.2) is 77.1 Å². The van der Waals surface area contributed by atoms with Crippen molar-refractivity contribution in [2.24, 2.45) is 0 Å². The number of ether oxygens (including phenoxy) is 2. The molecule has 3 amide bonds. The molecule has 0 radical (unpaired) electrons. The van der Waals surface area contributed by atoms with Crippen molar-refractivity contribution in [1.82, 2.24) is 30.1 Å². The predicted molar refractivity (Wildman–Crippen MR) is 117 cm³/mol. The van der Waals surface area contributed by atoms with Crippen LogP contribution >= 0.6 is 0 Å². The van der Waals surface area contributed by atoms with Crippen LogP contribution in [0.25, 0.3) is 5.65 Å². The summed E-state index contributed by atoms with van der Waals surface area (Å²) >= 11 is 0. The van der Waals surface area contributed by atoms with Crippen molar-refractivity contribution in [3.63, 3.8) is 0 Å². The summed E-state index contributed by atoms with van der Waals surface area (Å²) in [5, 5.41) is 9.61. The van der Waals surface area contributed by atoms with Gasteiger partial charge in [-0.25, -0.2) is 9.50 Å². The van der Waals surface area contributed by atoms with Gasteiger partial charge in [-0.3, -0.25) is 14.4 Å². The molecule has 4 rings (SSSR count). The van der Waals surface area contributed by atoms with Gasteiger partial charge in [0.1, 0.15) is 24.4 Å². The monoisotopic (exact) mass is 452 g/mol. The molecule has 1 aliphatic heterocycles. The van der Waals surface area contributed by atoms with Gasteiger partial charge in [0.15, 0.2) is 5.65 Å². The lowest BCUT2D eigenvalue weighted by Gasteiger charge is -2.23. The average Bonchev–Trinajstić information content (AvgIpc) is 3.30. The SMILES string of the molecule is COc1ccc2c(c1)OCCNC(=O)CN(C(=O)c1ccn3ncnc3c1)CCCNC2=O. The lowest BCUT2D eigenvalue weighted by molar-refractivity contribution is -0.121. The zero-order chi connectivity index (χ0) is 23.2. The van der Waals surface area contributed by atoms with E-state index >= 15 is 0 Å². The molecule has 0 atom stereocenters. The number of amides is 3. The van der Waals surface area contributed by atoms with Crippen LogP contribution in [0, 0.1) is 0 Å². The first-order chi connectivity index (χ1) is 16.0. The number of fused-ring (bicyclic) bond motifs is 2. The number of hydrogen-bond acceptors (Lipinski definition) is 7. The van der Waals surface area contributed by atoms with Crippen LogP contribution in [0.2, 0.25) is 0 Å². The standard InChI is InChI=1S/C22H24N6O5/c1-32-16-3-4-17-18(12-16)33-10-7-23-20(29)13-27(8-2-6-24-21(17)30)22(31)15-5-9-28-19(11-15)25-14-26-28/h3-5,9,11-12,14H,2,6-8,10,13H2,1H3,(H,23,29)(H,24,30). The molecule has 1 aliphatic rings. The summed E-state index contributed by atoms with van der Waals surface area (Å²) in [6.07, 6.45) is 3.51.